The molecule has 0 saturated heterocycles. The van der Waals surface area contributed by atoms with E-state index in [9.17, 15) is 4.79 Å². The zero-order valence-corrected chi connectivity index (χ0v) is 7.95. The summed E-state index contributed by atoms with van der Waals surface area (Å²) in [6.45, 7) is 0. The largest absolute Gasteiger partial charge is 0.352 e. The molecule has 0 aromatic carbocycles. The van der Waals surface area contributed by atoms with Crippen molar-refractivity contribution >= 4 is 5.78 Å². The van der Waals surface area contributed by atoms with Crippen molar-refractivity contribution in [3.63, 3.8) is 0 Å². The van der Waals surface area contributed by atoms with Crippen molar-refractivity contribution in [3.05, 3.63) is 11.6 Å². The second-order valence-electron chi connectivity index (χ2n) is 3.65. The predicted molar refractivity (Wildman–Crippen MR) is 47.1 cm³/mol. The predicted octanol–water partition coefficient (Wildman–Crippen LogP) is 1.14. The standard InChI is InChI=1S/C10H14O3/c1-12-10(13-2)7-4-3-6-5-8(11)9(6)7/h4,6,9-10H,3,5H2,1-2H3/t6-,9+/m1/s1. The normalized spacial score (nSPS) is 31.6. The van der Waals surface area contributed by atoms with E-state index in [1.807, 2.05) is 0 Å². The molecule has 1 saturated carbocycles. The van der Waals surface area contributed by atoms with Gasteiger partial charge in [-0.3, -0.25) is 4.79 Å². The number of carbonyl (C=O) groups excluding carboxylic acids is 1. The van der Waals surface area contributed by atoms with Gasteiger partial charge in [-0.15, -0.1) is 0 Å². The molecule has 3 heteroatoms. The smallest absolute Gasteiger partial charge is 0.179 e. The minimum atomic E-state index is -0.320. The number of allylic oxidation sites excluding steroid dienone is 1. The van der Waals surface area contributed by atoms with Crippen molar-refractivity contribution in [2.45, 2.75) is 19.1 Å². The van der Waals surface area contributed by atoms with Crippen LogP contribution in [0.2, 0.25) is 0 Å². The maximum absolute atomic E-state index is 11.3. The van der Waals surface area contributed by atoms with Gasteiger partial charge < -0.3 is 9.47 Å². The van der Waals surface area contributed by atoms with Crippen molar-refractivity contribution in [2.24, 2.45) is 11.8 Å². The number of ether oxygens (including phenoxy) is 2. The fraction of sp³-hybridized carbons (Fsp3) is 0.700. The monoisotopic (exact) mass is 182 g/mol. The zero-order chi connectivity index (χ0) is 9.42. The van der Waals surface area contributed by atoms with Crippen molar-refractivity contribution in [1.29, 1.82) is 0 Å². The third-order valence-electron chi connectivity index (χ3n) is 3.00. The molecule has 2 aliphatic carbocycles. The van der Waals surface area contributed by atoms with E-state index < -0.39 is 0 Å². The highest BCUT2D eigenvalue weighted by atomic mass is 16.7. The Morgan fingerprint density at radius 1 is 1.46 bits per heavy atom. The second kappa shape index (κ2) is 3.24. The molecule has 1 fully saturated rings. The zero-order valence-electron chi connectivity index (χ0n) is 7.95. The summed E-state index contributed by atoms with van der Waals surface area (Å²) in [4.78, 5) is 11.3. The molecule has 72 valence electrons. The lowest BCUT2D eigenvalue weighted by Crippen LogP contribution is -2.38. The van der Waals surface area contributed by atoms with E-state index >= 15 is 0 Å². The van der Waals surface area contributed by atoms with Crippen LogP contribution in [-0.4, -0.2) is 26.3 Å². The molecule has 2 atom stereocenters. The van der Waals surface area contributed by atoms with Gasteiger partial charge in [-0.2, -0.15) is 0 Å². The number of carbonyl (C=O) groups is 1. The molecular formula is C10H14O3. The lowest BCUT2D eigenvalue weighted by Gasteiger charge is -2.32. The Kier molecular flexibility index (Phi) is 2.22. The highest BCUT2D eigenvalue weighted by molar-refractivity contribution is 5.91. The van der Waals surface area contributed by atoms with Gasteiger partial charge in [0.1, 0.15) is 5.78 Å². The molecule has 0 aromatic rings. The van der Waals surface area contributed by atoms with Gasteiger partial charge in [-0.1, -0.05) is 6.08 Å². The number of rotatable bonds is 3. The van der Waals surface area contributed by atoms with E-state index in [1.165, 1.54) is 0 Å². The first kappa shape index (κ1) is 8.91. The third kappa shape index (κ3) is 1.23. The fourth-order valence-electron chi connectivity index (χ4n) is 2.31. The number of methoxy groups -OCH3 is 2. The molecule has 0 amide bonds. The Morgan fingerprint density at radius 3 is 2.69 bits per heavy atom. The molecule has 0 spiro atoms. The van der Waals surface area contributed by atoms with Crippen LogP contribution in [0.4, 0.5) is 0 Å². The quantitative estimate of drug-likeness (QED) is 0.485. The summed E-state index contributed by atoms with van der Waals surface area (Å²) < 4.78 is 10.3. The summed E-state index contributed by atoms with van der Waals surface area (Å²) in [7, 11) is 3.21. The summed E-state index contributed by atoms with van der Waals surface area (Å²) in [6, 6.07) is 0. The molecule has 0 bridgehead atoms. The Morgan fingerprint density at radius 2 is 2.15 bits per heavy atom. The fourth-order valence-corrected chi connectivity index (χ4v) is 2.31. The average Bonchev–Trinajstić information content (AvgIpc) is 2.44. The summed E-state index contributed by atoms with van der Waals surface area (Å²) in [5.74, 6) is 0.980. The molecule has 0 heterocycles. The first-order valence-corrected chi connectivity index (χ1v) is 4.56. The molecule has 0 N–H and O–H groups in total. The Hall–Kier alpha value is -0.670. The molecule has 0 aromatic heterocycles. The van der Waals surface area contributed by atoms with E-state index in [1.54, 1.807) is 14.2 Å². The number of ketones is 1. The minimum Gasteiger partial charge on any atom is -0.352 e. The van der Waals surface area contributed by atoms with Crippen molar-refractivity contribution < 1.29 is 14.3 Å². The van der Waals surface area contributed by atoms with Gasteiger partial charge in [-0.25, -0.2) is 0 Å². The van der Waals surface area contributed by atoms with Crippen LogP contribution < -0.4 is 0 Å². The maximum Gasteiger partial charge on any atom is 0.179 e. The van der Waals surface area contributed by atoms with Crippen LogP contribution in [0.1, 0.15) is 12.8 Å². The summed E-state index contributed by atoms with van der Waals surface area (Å²) in [5.41, 5.74) is 1.03. The van der Waals surface area contributed by atoms with Crippen LogP contribution in [-0.2, 0) is 14.3 Å². The highest BCUT2D eigenvalue weighted by Crippen LogP contribution is 2.45. The van der Waals surface area contributed by atoms with Crippen LogP contribution in [0.5, 0.6) is 0 Å². The van der Waals surface area contributed by atoms with E-state index in [0.717, 1.165) is 18.4 Å². The Balaban J connectivity index is 2.11. The molecule has 0 radical (unpaired) electrons. The number of Topliss-reactive ketones (excluding diaryl/α,β-unsaturated/α-hetero) is 1. The van der Waals surface area contributed by atoms with Crippen molar-refractivity contribution in [1.82, 2.24) is 0 Å². The SMILES string of the molecule is COC(OC)C1=CC[C@@H]2CC(=O)[C@H]12. The summed E-state index contributed by atoms with van der Waals surface area (Å²) in [5, 5.41) is 0. The molecule has 0 aliphatic heterocycles. The topological polar surface area (TPSA) is 35.5 Å². The van der Waals surface area contributed by atoms with Crippen LogP contribution in [0, 0.1) is 11.8 Å². The Labute approximate surface area is 77.7 Å². The van der Waals surface area contributed by atoms with Crippen LogP contribution >= 0.6 is 0 Å². The molecule has 0 unspecified atom stereocenters. The van der Waals surface area contributed by atoms with E-state index in [2.05, 4.69) is 6.08 Å². The number of hydrogen-bond donors (Lipinski definition) is 0. The average molecular weight is 182 g/mol. The minimum absolute atomic E-state index is 0.102. The highest BCUT2D eigenvalue weighted by Gasteiger charge is 2.46. The summed E-state index contributed by atoms with van der Waals surface area (Å²) in [6.07, 6.45) is 3.52. The van der Waals surface area contributed by atoms with Crippen molar-refractivity contribution in [3.8, 4) is 0 Å². The van der Waals surface area contributed by atoms with Crippen LogP contribution in [0.3, 0.4) is 0 Å². The van der Waals surface area contributed by atoms with Gasteiger partial charge in [-0.05, 0) is 17.9 Å². The molecular weight excluding hydrogens is 168 g/mol. The molecule has 2 aliphatic rings. The van der Waals surface area contributed by atoms with E-state index in [4.69, 9.17) is 9.47 Å². The van der Waals surface area contributed by atoms with E-state index in [0.29, 0.717) is 11.7 Å². The maximum atomic E-state index is 11.3. The molecule has 2 rings (SSSR count). The van der Waals surface area contributed by atoms with Gasteiger partial charge in [0.15, 0.2) is 6.29 Å². The molecule has 13 heavy (non-hydrogen) atoms. The molecule has 3 nitrogen and oxygen atoms in total. The lowest BCUT2D eigenvalue weighted by atomic mass is 9.72. The van der Waals surface area contributed by atoms with Crippen LogP contribution in [0.15, 0.2) is 11.6 Å². The van der Waals surface area contributed by atoms with Gasteiger partial charge in [0.05, 0.1) is 0 Å². The first-order valence-electron chi connectivity index (χ1n) is 4.56. The summed E-state index contributed by atoms with van der Waals surface area (Å²) >= 11 is 0. The van der Waals surface area contributed by atoms with Gasteiger partial charge in [0.2, 0.25) is 0 Å². The lowest BCUT2D eigenvalue weighted by molar-refractivity contribution is -0.135. The van der Waals surface area contributed by atoms with Crippen molar-refractivity contribution in [2.75, 3.05) is 14.2 Å². The number of hydrogen-bond acceptors (Lipinski definition) is 3. The van der Waals surface area contributed by atoms with Gasteiger partial charge in [0, 0.05) is 26.6 Å². The first-order chi connectivity index (χ1) is 6.27. The van der Waals surface area contributed by atoms with Gasteiger partial charge in [0.25, 0.3) is 0 Å². The second-order valence-corrected chi connectivity index (χ2v) is 3.65. The van der Waals surface area contributed by atoms with Crippen LogP contribution in [0.25, 0.3) is 0 Å². The third-order valence-corrected chi connectivity index (χ3v) is 3.00. The van der Waals surface area contributed by atoms with Gasteiger partial charge >= 0.3 is 0 Å². The number of fused-ring (bicyclic) bond motifs is 1. The van der Waals surface area contributed by atoms with E-state index in [-0.39, 0.29) is 12.2 Å². The Bertz CT molecular complexity index is 253.